The van der Waals surface area contributed by atoms with Crippen molar-refractivity contribution in [2.24, 2.45) is 0 Å². The number of carboxylic acids is 1. The van der Waals surface area contributed by atoms with E-state index in [4.69, 9.17) is 18.9 Å². The largest absolute Gasteiger partial charge is 0.493 e. The van der Waals surface area contributed by atoms with Gasteiger partial charge in [0.25, 0.3) is 0 Å². The summed E-state index contributed by atoms with van der Waals surface area (Å²) in [7, 11) is 3.14. The van der Waals surface area contributed by atoms with Crippen molar-refractivity contribution in [1.82, 2.24) is 14.9 Å². The fourth-order valence-electron chi connectivity index (χ4n) is 4.56. The van der Waals surface area contributed by atoms with Crippen LogP contribution in [0.2, 0.25) is 0 Å². The Kier molecular flexibility index (Phi) is 11.2. The predicted molar refractivity (Wildman–Crippen MR) is 168 cm³/mol. The lowest BCUT2D eigenvalue weighted by Crippen LogP contribution is -2.25. The molecule has 10 nitrogen and oxygen atoms in total. The molecule has 10 heteroatoms. The van der Waals surface area contributed by atoms with Crippen molar-refractivity contribution in [3.8, 4) is 23.0 Å². The number of carboxylic acid groups (broad SMARTS) is 1. The summed E-state index contributed by atoms with van der Waals surface area (Å²) in [5.41, 5.74) is 2.79. The van der Waals surface area contributed by atoms with Gasteiger partial charge in [-0.05, 0) is 43.3 Å². The minimum Gasteiger partial charge on any atom is -0.493 e. The second kappa shape index (κ2) is 15.4. The molecule has 0 radical (unpaired) electrons. The van der Waals surface area contributed by atoms with E-state index in [0.29, 0.717) is 64.2 Å². The molecule has 1 aromatic heterocycles. The van der Waals surface area contributed by atoms with Crippen LogP contribution in [0, 0.1) is 0 Å². The van der Waals surface area contributed by atoms with Crippen molar-refractivity contribution in [2.75, 3.05) is 45.8 Å². The van der Waals surface area contributed by atoms with Crippen molar-refractivity contribution >= 4 is 34.5 Å². The number of rotatable bonds is 16. The summed E-state index contributed by atoms with van der Waals surface area (Å²) in [4.78, 5) is 22.7. The van der Waals surface area contributed by atoms with Gasteiger partial charge in [-0.2, -0.15) is 0 Å². The average molecular weight is 587 g/mol. The molecule has 2 N–H and O–H groups in total. The molecule has 0 unspecified atom stereocenters. The second-order valence-electron chi connectivity index (χ2n) is 9.63. The van der Waals surface area contributed by atoms with E-state index in [1.165, 1.54) is 19.5 Å². The first-order valence-corrected chi connectivity index (χ1v) is 14.2. The van der Waals surface area contributed by atoms with Gasteiger partial charge in [0.15, 0.2) is 23.0 Å². The molecule has 1 heterocycles. The Bertz CT molecular complexity index is 1540. The maximum Gasteiger partial charge on any atom is 0.328 e. The van der Waals surface area contributed by atoms with E-state index in [0.717, 1.165) is 37.7 Å². The Morgan fingerprint density at radius 2 is 1.65 bits per heavy atom. The van der Waals surface area contributed by atoms with Crippen LogP contribution in [0.25, 0.3) is 17.0 Å². The molecule has 4 aromatic rings. The summed E-state index contributed by atoms with van der Waals surface area (Å²) in [6.07, 6.45) is 4.89. The SMILES string of the molecule is CCN(CC)CCCOc1cc2c(Nc3cc(OCc4ccccc4)c(OC)cc3/C=C/C(=O)O)ncnc2cc1OC. The standard InChI is InChI=1S/C33H38N4O6/c1-5-37(6-2)15-10-16-42-30-18-25-27(20-29(30)41-4)34-22-35-33(25)36-26-19-31(43-21-23-11-8-7-9-12-23)28(40-3)17-24(26)13-14-32(38)39/h7-9,11-14,17-20,22H,5-6,10,15-16,21H2,1-4H3,(H,38,39)(H,34,35,36)/b14-13+. The van der Waals surface area contributed by atoms with Crippen LogP contribution < -0.4 is 24.3 Å². The van der Waals surface area contributed by atoms with Crippen molar-refractivity contribution in [3.05, 3.63) is 78.1 Å². The molecule has 4 rings (SSSR count). The van der Waals surface area contributed by atoms with Crippen molar-refractivity contribution in [2.45, 2.75) is 26.9 Å². The van der Waals surface area contributed by atoms with Crippen LogP contribution in [-0.2, 0) is 11.4 Å². The van der Waals surface area contributed by atoms with E-state index >= 15 is 0 Å². The van der Waals surface area contributed by atoms with Crippen LogP contribution in [0.4, 0.5) is 11.5 Å². The molecule has 0 spiro atoms. The molecule has 3 aromatic carbocycles. The lowest BCUT2D eigenvalue weighted by molar-refractivity contribution is -0.131. The maximum atomic E-state index is 11.4. The Hall–Kier alpha value is -4.83. The smallest absolute Gasteiger partial charge is 0.328 e. The van der Waals surface area contributed by atoms with E-state index < -0.39 is 5.97 Å². The molecule has 0 fully saturated rings. The fourth-order valence-corrected chi connectivity index (χ4v) is 4.56. The van der Waals surface area contributed by atoms with Crippen LogP contribution in [0.15, 0.2) is 67.0 Å². The third-order valence-electron chi connectivity index (χ3n) is 6.92. The predicted octanol–water partition coefficient (Wildman–Crippen LogP) is 6.18. The van der Waals surface area contributed by atoms with Crippen LogP contribution in [0.3, 0.4) is 0 Å². The van der Waals surface area contributed by atoms with E-state index in [-0.39, 0.29) is 0 Å². The quantitative estimate of drug-likeness (QED) is 0.117. The molecular formula is C33H38N4O6. The minimum absolute atomic E-state index is 0.326. The van der Waals surface area contributed by atoms with Gasteiger partial charge in [-0.25, -0.2) is 14.8 Å². The normalized spacial score (nSPS) is 11.2. The van der Waals surface area contributed by atoms with E-state index in [1.54, 1.807) is 19.2 Å². The van der Waals surface area contributed by atoms with Gasteiger partial charge >= 0.3 is 5.97 Å². The van der Waals surface area contributed by atoms with Gasteiger partial charge in [0, 0.05) is 35.7 Å². The summed E-state index contributed by atoms with van der Waals surface area (Å²) in [6.45, 7) is 8.08. The molecular weight excluding hydrogens is 548 g/mol. The van der Waals surface area contributed by atoms with E-state index in [9.17, 15) is 9.90 Å². The van der Waals surface area contributed by atoms with Crippen molar-refractivity contribution in [3.63, 3.8) is 0 Å². The van der Waals surface area contributed by atoms with Gasteiger partial charge in [-0.3, -0.25) is 0 Å². The second-order valence-corrected chi connectivity index (χ2v) is 9.63. The summed E-state index contributed by atoms with van der Waals surface area (Å²) < 4.78 is 23.4. The number of aromatic nitrogens is 2. The number of anilines is 2. The number of fused-ring (bicyclic) bond motifs is 1. The Balaban J connectivity index is 1.68. The minimum atomic E-state index is -1.07. The number of hydrogen-bond acceptors (Lipinski definition) is 9. The number of methoxy groups -OCH3 is 2. The molecule has 226 valence electrons. The average Bonchev–Trinajstić information content (AvgIpc) is 3.03. The molecule has 0 aliphatic rings. The monoisotopic (exact) mass is 586 g/mol. The van der Waals surface area contributed by atoms with Gasteiger partial charge in [-0.15, -0.1) is 0 Å². The van der Waals surface area contributed by atoms with Crippen LogP contribution >= 0.6 is 0 Å². The summed E-state index contributed by atoms with van der Waals surface area (Å²) >= 11 is 0. The number of benzene rings is 3. The topological polar surface area (TPSA) is 115 Å². The third-order valence-corrected chi connectivity index (χ3v) is 6.92. The molecule has 0 aliphatic heterocycles. The summed E-state index contributed by atoms with van der Waals surface area (Å²) in [5, 5.41) is 13.4. The number of nitrogens with zero attached hydrogens (tertiary/aromatic N) is 3. The van der Waals surface area contributed by atoms with Gasteiger partial charge in [0.2, 0.25) is 0 Å². The van der Waals surface area contributed by atoms with Crippen molar-refractivity contribution in [1.29, 1.82) is 0 Å². The number of ether oxygens (including phenoxy) is 4. The Morgan fingerprint density at radius 1 is 0.930 bits per heavy atom. The molecule has 0 bridgehead atoms. The first-order chi connectivity index (χ1) is 20.9. The lowest BCUT2D eigenvalue weighted by atomic mass is 10.1. The molecule has 0 aliphatic carbocycles. The summed E-state index contributed by atoms with van der Waals surface area (Å²) in [6, 6.07) is 16.9. The molecule has 0 atom stereocenters. The molecule has 0 saturated carbocycles. The first kappa shape index (κ1) is 31.1. The highest BCUT2D eigenvalue weighted by Gasteiger charge is 2.16. The number of carbonyl (C=O) groups is 1. The molecule has 43 heavy (non-hydrogen) atoms. The summed E-state index contributed by atoms with van der Waals surface area (Å²) in [5.74, 6) is 1.54. The van der Waals surface area contributed by atoms with E-state index in [1.807, 2.05) is 42.5 Å². The highest BCUT2D eigenvalue weighted by Crippen LogP contribution is 2.39. The highest BCUT2D eigenvalue weighted by atomic mass is 16.5. The first-order valence-electron chi connectivity index (χ1n) is 14.2. The number of hydrogen-bond donors (Lipinski definition) is 2. The van der Waals surface area contributed by atoms with E-state index in [2.05, 4.69) is 34.0 Å². The van der Waals surface area contributed by atoms with Gasteiger partial charge < -0.3 is 34.3 Å². The highest BCUT2D eigenvalue weighted by molar-refractivity contribution is 5.94. The van der Waals surface area contributed by atoms with Crippen LogP contribution in [0.5, 0.6) is 23.0 Å². The van der Waals surface area contributed by atoms with Crippen LogP contribution in [0.1, 0.15) is 31.4 Å². The molecule has 0 amide bonds. The Labute approximate surface area is 251 Å². The van der Waals surface area contributed by atoms with Gasteiger partial charge in [-0.1, -0.05) is 44.2 Å². The zero-order valence-corrected chi connectivity index (χ0v) is 25.0. The zero-order chi connectivity index (χ0) is 30.6. The molecule has 0 saturated heterocycles. The maximum absolute atomic E-state index is 11.4. The van der Waals surface area contributed by atoms with Crippen LogP contribution in [-0.4, -0.2) is 66.4 Å². The third kappa shape index (κ3) is 8.36. The van der Waals surface area contributed by atoms with Crippen molar-refractivity contribution < 1.29 is 28.8 Å². The zero-order valence-electron chi connectivity index (χ0n) is 25.0. The number of nitrogens with one attached hydrogen (secondary N) is 1. The number of aliphatic carboxylic acids is 1. The van der Waals surface area contributed by atoms with Gasteiger partial charge in [0.05, 0.1) is 32.0 Å². The van der Waals surface area contributed by atoms with Gasteiger partial charge in [0.1, 0.15) is 18.8 Å². The lowest BCUT2D eigenvalue weighted by Gasteiger charge is -2.19. The fraction of sp³-hybridized carbons (Fsp3) is 0.303. The Morgan fingerprint density at radius 3 is 2.35 bits per heavy atom.